The van der Waals surface area contributed by atoms with Crippen molar-refractivity contribution in [3.05, 3.63) is 47.8 Å². The molecule has 0 bridgehead atoms. The van der Waals surface area contributed by atoms with E-state index >= 15 is 0 Å². The number of carbonyl (C=O) groups is 1. The summed E-state index contributed by atoms with van der Waals surface area (Å²) in [5.41, 5.74) is 1.13. The number of hydrogen-bond acceptors (Lipinski definition) is 8. The van der Waals surface area contributed by atoms with Crippen molar-refractivity contribution < 1.29 is 22.9 Å². The van der Waals surface area contributed by atoms with Crippen LogP contribution in [0.2, 0.25) is 0 Å². The fraction of sp³-hybridized carbons (Fsp3) is 0.364. The Balaban J connectivity index is 1.43. The monoisotopic (exact) mass is 437 g/mol. The van der Waals surface area contributed by atoms with Crippen molar-refractivity contribution >= 4 is 23.6 Å². The number of carbonyl (C=O) groups excluding carboxylic acids is 1. The van der Waals surface area contributed by atoms with E-state index < -0.39 is 23.6 Å². The standard InChI is InChI=1S/C22H20FN5O4/c1-12-6-9-30-18(12)19-25-20(32-26-19)16-17-21(29)28(22(2)7-3-8-31-22)15-10-13(23)4-5-14(15)27(17)11-24-16/h4-6,9-11,16-17H,3,7-8H2,1-2H3. The van der Waals surface area contributed by atoms with Gasteiger partial charge in [-0.25, -0.2) is 4.39 Å². The van der Waals surface area contributed by atoms with E-state index in [2.05, 4.69) is 15.1 Å². The Bertz CT molecular complexity index is 1240. The zero-order chi connectivity index (χ0) is 22.0. The Morgan fingerprint density at radius 1 is 1.25 bits per heavy atom. The van der Waals surface area contributed by atoms with Gasteiger partial charge in [-0.1, -0.05) is 5.16 Å². The summed E-state index contributed by atoms with van der Waals surface area (Å²) >= 11 is 0. The largest absolute Gasteiger partial charge is 0.461 e. The SMILES string of the molecule is Cc1ccoc1-c1noc(C2N=CN3c4ccc(F)cc4N(C4(C)CCCO4)C(=O)C23)n1. The smallest absolute Gasteiger partial charge is 0.255 e. The summed E-state index contributed by atoms with van der Waals surface area (Å²) < 4.78 is 31.1. The lowest BCUT2D eigenvalue weighted by Crippen LogP contribution is -2.60. The van der Waals surface area contributed by atoms with Gasteiger partial charge in [-0.2, -0.15) is 4.98 Å². The van der Waals surface area contributed by atoms with Crippen molar-refractivity contribution in [2.45, 2.75) is 44.5 Å². The molecule has 1 saturated heterocycles. The van der Waals surface area contributed by atoms with Gasteiger partial charge in [-0.05, 0) is 56.5 Å². The van der Waals surface area contributed by atoms with E-state index in [1.54, 1.807) is 28.5 Å². The topological polar surface area (TPSA) is 97.2 Å². The number of halogens is 1. The average molecular weight is 437 g/mol. The number of aliphatic imine (C=N–C) groups is 1. The summed E-state index contributed by atoms with van der Waals surface area (Å²) in [5.74, 6) is 0.317. The zero-order valence-corrected chi connectivity index (χ0v) is 17.5. The van der Waals surface area contributed by atoms with Gasteiger partial charge in [0, 0.05) is 6.61 Å². The zero-order valence-electron chi connectivity index (χ0n) is 17.5. The number of anilines is 2. The van der Waals surface area contributed by atoms with E-state index in [0.29, 0.717) is 36.0 Å². The molecule has 0 saturated carbocycles. The first-order valence-electron chi connectivity index (χ1n) is 10.4. The third-order valence-electron chi connectivity index (χ3n) is 6.31. The average Bonchev–Trinajstić information content (AvgIpc) is 3.54. The molecule has 3 aliphatic heterocycles. The minimum absolute atomic E-state index is 0.205. The van der Waals surface area contributed by atoms with Crippen LogP contribution in [0.5, 0.6) is 0 Å². The van der Waals surface area contributed by atoms with E-state index in [1.165, 1.54) is 12.1 Å². The molecule has 3 unspecified atom stereocenters. The second-order valence-corrected chi connectivity index (χ2v) is 8.38. The van der Waals surface area contributed by atoms with Gasteiger partial charge in [-0.3, -0.25) is 14.7 Å². The van der Waals surface area contributed by atoms with Gasteiger partial charge >= 0.3 is 0 Å². The Hall–Kier alpha value is -3.53. The summed E-state index contributed by atoms with van der Waals surface area (Å²) in [6.45, 7) is 4.28. The molecule has 3 aliphatic rings. The van der Waals surface area contributed by atoms with E-state index in [-0.39, 0.29) is 11.8 Å². The van der Waals surface area contributed by atoms with Gasteiger partial charge in [0.05, 0.1) is 24.0 Å². The van der Waals surface area contributed by atoms with Crippen molar-refractivity contribution in [1.82, 2.24) is 10.1 Å². The third kappa shape index (κ3) is 2.65. The molecule has 6 rings (SSSR count). The molecule has 9 nitrogen and oxygen atoms in total. The highest BCUT2D eigenvalue weighted by Crippen LogP contribution is 2.47. The molecule has 5 heterocycles. The summed E-state index contributed by atoms with van der Waals surface area (Å²) in [4.78, 5) is 26.1. The fourth-order valence-electron chi connectivity index (χ4n) is 4.74. The number of rotatable bonds is 3. The molecule has 2 aromatic heterocycles. The molecule has 32 heavy (non-hydrogen) atoms. The first kappa shape index (κ1) is 19.2. The maximum Gasteiger partial charge on any atom is 0.255 e. The molecular weight excluding hydrogens is 417 g/mol. The van der Waals surface area contributed by atoms with Crippen LogP contribution >= 0.6 is 0 Å². The lowest BCUT2D eigenvalue weighted by molar-refractivity contribution is -0.125. The molecule has 0 aliphatic carbocycles. The highest BCUT2D eigenvalue weighted by Gasteiger charge is 2.53. The quantitative estimate of drug-likeness (QED) is 0.617. The van der Waals surface area contributed by atoms with Crippen LogP contribution < -0.4 is 9.80 Å². The number of furan rings is 1. The van der Waals surface area contributed by atoms with Crippen LogP contribution in [0.15, 0.2) is 44.5 Å². The number of amides is 1. The number of ether oxygens (including phenoxy) is 1. The number of fused-ring (bicyclic) bond motifs is 3. The van der Waals surface area contributed by atoms with E-state index in [0.717, 1.165) is 12.0 Å². The Morgan fingerprint density at radius 2 is 2.12 bits per heavy atom. The van der Waals surface area contributed by atoms with Gasteiger partial charge in [0.15, 0.2) is 11.8 Å². The summed E-state index contributed by atoms with van der Waals surface area (Å²) in [7, 11) is 0. The van der Waals surface area contributed by atoms with Crippen LogP contribution in [-0.4, -0.2) is 40.8 Å². The van der Waals surface area contributed by atoms with E-state index in [4.69, 9.17) is 13.7 Å². The fourth-order valence-corrected chi connectivity index (χ4v) is 4.74. The molecule has 10 heteroatoms. The minimum Gasteiger partial charge on any atom is -0.461 e. The lowest BCUT2D eigenvalue weighted by Gasteiger charge is -2.45. The number of hydrogen-bond donors (Lipinski definition) is 0. The van der Waals surface area contributed by atoms with Gasteiger partial charge in [-0.15, -0.1) is 0 Å². The predicted molar refractivity (Wildman–Crippen MR) is 112 cm³/mol. The molecule has 0 N–H and O–H groups in total. The highest BCUT2D eigenvalue weighted by atomic mass is 19.1. The number of benzene rings is 1. The summed E-state index contributed by atoms with van der Waals surface area (Å²) in [6.07, 6.45) is 4.59. The molecule has 1 aromatic carbocycles. The van der Waals surface area contributed by atoms with Gasteiger partial charge in [0.1, 0.15) is 17.6 Å². The van der Waals surface area contributed by atoms with Crippen molar-refractivity contribution in [2.75, 3.05) is 16.4 Å². The minimum atomic E-state index is -0.871. The number of aromatic nitrogens is 2. The number of aryl methyl sites for hydroxylation is 1. The second-order valence-electron chi connectivity index (χ2n) is 8.38. The van der Waals surface area contributed by atoms with Crippen molar-refractivity contribution in [2.24, 2.45) is 4.99 Å². The van der Waals surface area contributed by atoms with Crippen LogP contribution in [0, 0.1) is 12.7 Å². The maximum absolute atomic E-state index is 14.2. The van der Waals surface area contributed by atoms with E-state index in [1.807, 2.05) is 19.9 Å². The maximum atomic E-state index is 14.2. The normalized spacial score (nSPS) is 26.7. The van der Waals surface area contributed by atoms with Crippen molar-refractivity contribution in [1.29, 1.82) is 0 Å². The lowest BCUT2D eigenvalue weighted by atomic mass is 9.97. The highest BCUT2D eigenvalue weighted by molar-refractivity contribution is 6.12. The van der Waals surface area contributed by atoms with Gasteiger partial charge in [0.2, 0.25) is 5.82 Å². The summed E-state index contributed by atoms with van der Waals surface area (Å²) in [6, 6.07) is 4.72. The molecular formula is C22H20FN5O4. The first-order valence-corrected chi connectivity index (χ1v) is 10.4. The van der Waals surface area contributed by atoms with Crippen LogP contribution in [0.3, 0.4) is 0 Å². The molecule has 3 aromatic rings. The number of nitrogens with zero attached hydrogens (tertiary/aromatic N) is 5. The molecule has 1 amide bonds. The molecule has 0 radical (unpaired) electrons. The molecule has 0 spiro atoms. The third-order valence-corrected chi connectivity index (χ3v) is 6.31. The van der Waals surface area contributed by atoms with Crippen molar-refractivity contribution in [3.8, 4) is 11.6 Å². The van der Waals surface area contributed by atoms with Crippen molar-refractivity contribution in [3.63, 3.8) is 0 Å². The molecule has 164 valence electrons. The van der Waals surface area contributed by atoms with Gasteiger partial charge < -0.3 is 18.6 Å². The molecule has 3 atom stereocenters. The van der Waals surface area contributed by atoms with Crippen LogP contribution in [-0.2, 0) is 9.53 Å². The van der Waals surface area contributed by atoms with E-state index in [9.17, 15) is 9.18 Å². The Kier molecular flexibility index (Phi) is 4.03. The summed E-state index contributed by atoms with van der Waals surface area (Å²) in [5, 5.41) is 4.02. The van der Waals surface area contributed by atoms with Crippen LogP contribution in [0.25, 0.3) is 11.6 Å². The first-order chi connectivity index (χ1) is 15.5. The second kappa shape index (κ2) is 6.73. The van der Waals surface area contributed by atoms with Gasteiger partial charge in [0.25, 0.3) is 11.8 Å². The Labute approximate surface area is 182 Å². The Morgan fingerprint density at radius 3 is 2.88 bits per heavy atom. The van der Waals surface area contributed by atoms with Crippen LogP contribution in [0.4, 0.5) is 15.8 Å². The van der Waals surface area contributed by atoms with Crippen LogP contribution in [0.1, 0.15) is 37.3 Å². The molecule has 1 fully saturated rings. The predicted octanol–water partition coefficient (Wildman–Crippen LogP) is 3.61.